The molecule has 0 saturated heterocycles. The van der Waals surface area contributed by atoms with Crippen molar-refractivity contribution in [2.75, 3.05) is 0 Å². The zero-order valence-electron chi connectivity index (χ0n) is 8.74. The van der Waals surface area contributed by atoms with Crippen LogP contribution in [-0.4, -0.2) is 11.2 Å². The van der Waals surface area contributed by atoms with Crippen LogP contribution in [0.15, 0.2) is 23.6 Å². The van der Waals surface area contributed by atoms with Gasteiger partial charge in [0, 0.05) is 17.5 Å². The summed E-state index contributed by atoms with van der Waals surface area (Å²) in [6.07, 6.45) is 1.37. The number of nitrogens with zero attached hydrogens (tertiary/aromatic N) is 1. The molecule has 2 heterocycles. The molecule has 76 valence electrons. The molecule has 0 aliphatic carbocycles. The van der Waals surface area contributed by atoms with Crippen molar-refractivity contribution in [2.45, 2.75) is 13.8 Å². The van der Waals surface area contributed by atoms with Crippen molar-refractivity contribution in [2.24, 2.45) is 0 Å². The fourth-order valence-corrected chi connectivity index (χ4v) is 2.30. The Morgan fingerprint density at radius 2 is 2.20 bits per heavy atom. The molecule has 0 aliphatic heterocycles. The predicted molar refractivity (Wildman–Crippen MR) is 64.9 cm³/mol. The second kappa shape index (κ2) is 3.95. The Morgan fingerprint density at radius 1 is 1.40 bits per heavy atom. The first-order valence-corrected chi connectivity index (χ1v) is 5.63. The molecule has 0 atom stereocenters. The van der Waals surface area contributed by atoms with Crippen LogP contribution in [-0.2, 0) is 0 Å². The minimum Gasteiger partial charge on any atom is -0.308 e. The standard InChI is InChI=1S/C12H12N2S/c1-8-6-11(12-4-3-5-15-12)14-9(2)10(8)7-13/h3-7,13H,1-2H3. The predicted octanol–water partition coefficient (Wildman–Crippen LogP) is 3.42. The first-order valence-electron chi connectivity index (χ1n) is 4.75. The summed E-state index contributed by atoms with van der Waals surface area (Å²) < 4.78 is 0. The molecule has 15 heavy (non-hydrogen) atoms. The van der Waals surface area contributed by atoms with Crippen molar-refractivity contribution in [3.63, 3.8) is 0 Å². The van der Waals surface area contributed by atoms with Crippen molar-refractivity contribution >= 4 is 17.6 Å². The van der Waals surface area contributed by atoms with E-state index in [0.29, 0.717) is 0 Å². The minimum absolute atomic E-state index is 0.924. The Labute approximate surface area is 93.1 Å². The highest BCUT2D eigenvalue weighted by molar-refractivity contribution is 7.13. The van der Waals surface area contributed by atoms with E-state index in [2.05, 4.69) is 11.1 Å². The average Bonchev–Trinajstić information content (AvgIpc) is 2.69. The molecule has 0 spiro atoms. The van der Waals surface area contributed by atoms with E-state index in [0.717, 1.165) is 22.5 Å². The van der Waals surface area contributed by atoms with E-state index >= 15 is 0 Å². The van der Waals surface area contributed by atoms with Gasteiger partial charge in [-0.2, -0.15) is 0 Å². The highest BCUT2D eigenvalue weighted by atomic mass is 32.1. The molecule has 2 rings (SSSR count). The molecule has 0 amide bonds. The summed E-state index contributed by atoms with van der Waals surface area (Å²) in [7, 11) is 0. The van der Waals surface area contributed by atoms with Crippen molar-refractivity contribution in [3.8, 4) is 10.6 Å². The molecule has 0 bridgehead atoms. The Kier molecular flexibility index (Phi) is 2.64. The highest BCUT2D eigenvalue weighted by Crippen LogP contribution is 2.25. The zero-order chi connectivity index (χ0) is 10.8. The van der Waals surface area contributed by atoms with E-state index in [1.54, 1.807) is 11.3 Å². The average molecular weight is 216 g/mol. The van der Waals surface area contributed by atoms with Gasteiger partial charge >= 0.3 is 0 Å². The number of aryl methyl sites for hydroxylation is 2. The molecule has 2 aromatic rings. The number of hydrogen-bond donors (Lipinski definition) is 1. The third-order valence-electron chi connectivity index (χ3n) is 2.37. The third kappa shape index (κ3) is 1.83. The molecule has 3 heteroatoms. The highest BCUT2D eigenvalue weighted by Gasteiger charge is 2.06. The summed E-state index contributed by atoms with van der Waals surface area (Å²) >= 11 is 1.69. The third-order valence-corrected chi connectivity index (χ3v) is 3.27. The Morgan fingerprint density at radius 3 is 2.73 bits per heavy atom. The fraction of sp³-hybridized carbons (Fsp3) is 0.167. The lowest BCUT2D eigenvalue weighted by atomic mass is 10.1. The van der Waals surface area contributed by atoms with E-state index in [9.17, 15) is 0 Å². The summed E-state index contributed by atoms with van der Waals surface area (Å²) in [6, 6.07) is 6.13. The summed E-state index contributed by atoms with van der Waals surface area (Å²) in [5.74, 6) is 0. The molecule has 2 aromatic heterocycles. The zero-order valence-corrected chi connectivity index (χ0v) is 9.56. The first-order chi connectivity index (χ1) is 7.22. The topological polar surface area (TPSA) is 36.7 Å². The quantitative estimate of drug-likeness (QED) is 0.767. The van der Waals surface area contributed by atoms with Crippen LogP contribution in [0.4, 0.5) is 0 Å². The van der Waals surface area contributed by atoms with Crippen molar-refractivity contribution in [1.82, 2.24) is 4.98 Å². The van der Waals surface area contributed by atoms with Crippen LogP contribution < -0.4 is 0 Å². The second-order valence-electron chi connectivity index (χ2n) is 3.45. The number of pyridine rings is 1. The smallest absolute Gasteiger partial charge is 0.0807 e. The number of aromatic nitrogens is 1. The molecule has 0 radical (unpaired) electrons. The van der Waals surface area contributed by atoms with Crippen LogP contribution >= 0.6 is 11.3 Å². The van der Waals surface area contributed by atoms with Gasteiger partial charge in [-0.3, -0.25) is 4.98 Å². The van der Waals surface area contributed by atoms with Gasteiger partial charge in [-0.1, -0.05) is 6.07 Å². The van der Waals surface area contributed by atoms with E-state index < -0.39 is 0 Å². The molecule has 1 N–H and O–H groups in total. The lowest BCUT2D eigenvalue weighted by molar-refractivity contribution is 1.17. The molecule has 0 aromatic carbocycles. The van der Waals surface area contributed by atoms with E-state index in [1.807, 2.05) is 31.4 Å². The van der Waals surface area contributed by atoms with Gasteiger partial charge in [0.15, 0.2) is 0 Å². The van der Waals surface area contributed by atoms with E-state index in [4.69, 9.17) is 5.41 Å². The minimum atomic E-state index is 0.924. The number of hydrogen-bond acceptors (Lipinski definition) is 3. The number of nitrogens with one attached hydrogen (secondary N) is 1. The molecule has 0 unspecified atom stereocenters. The van der Waals surface area contributed by atoms with Crippen LogP contribution in [0.3, 0.4) is 0 Å². The maximum atomic E-state index is 7.31. The Bertz CT molecular complexity index is 463. The largest absolute Gasteiger partial charge is 0.308 e. The first kappa shape index (κ1) is 10.1. The fourth-order valence-electron chi connectivity index (χ4n) is 1.61. The van der Waals surface area contributed by atoms with Crippen molar-refractivity contribution in [3.05, 3.63) is 40.4 Å². The maximum Gasteiger partial charge on any atom is 0.0807 e. The van der Waals surface area contributed by atoms with Crippen LogP contribution in [0.25, 0.3) is 10.6 Å². The van der Waals surface area contributed by atoms with Crippen molar-refractivity contribution < 1.29 is 0 Å². The van der Waals surface area contributed by atoms with Gasteiger partial charge in [0.1, 0.15) is 0 Å². The molecule has 2 nitrogen and oxygen atoms in total. The molecule has 0 fully saturated rings. The molecule has 0 aliphatic rings. The summed E-state index contributed by atoms with van der Waals surface area (Å²) in [5.41, 5.74) is 3.97. The molecular weight excluding hydrogens is 204 g/mol. The summed E-state index contributed by atoms with van der Waals surface area (Å²) in [4.78, 5) is 5.68. The summed E-state index contributed by atoms with van der Waals surface area (Å²) in [6.45, 7) is 3.97. The van der Waals surface area contributed by atoms with Gasteiger partial charge in [0.25, 0.3) is 0 Å². The van der Waals surface area contributed by atoms with Gasteiger partial charge in [0.05, 0.1) is 10.6 Å². The Hall–Kier alpha value is -1.48. The van der Waals surface area contributed by atoms with Crippen LogP contribution in [0.2, 0.25) is 0 Å². The number of thiophene rings is 1. The Balaban J connectivity index is 2.58. The van der Waals surface area contributed by atoms with Crippen LogP contribution in [0.5, 0.6) is 0 Å². The van der Waals surface area contributed by atoms with Crippen molar-refractivity contribution in [1.29, 1.82) is 5.41 Å². The van der Waals surface area contributed by atoms with Crippen LogP contribution in [0, 0.1) is 19.3 Å². The van der Waals surface area contributed by atoms with Gasteiger partial charge in [-0.15, -0.1) is 11.3 Å². The van der Waals surface area contributed by atoms with Gasteiger partial charge in [-0.05, 0) is 36.9 Å². The maximum absolute atomic E-state index is 7.31. The number of rotatable bonds is 2. The molecule has 0 saturated carbocycles. The SMILES string of the molecule is Cc1cc(-c2cccs2)nc(C)c1C=N. The second-order valence-corrected chi connectivity index (χ2v) is 4.39. The lowest BCUT2D eigenvalue weighted by Crippen LogP contribution is -1.96. The van der Waals surface area contributed by atoms with Gasteiger partial charge in [0.2, 0.25) is 0 Å². The monoisotopic (exact) mass is 216 g/mol. The normalized spacial score (nSPS) is 10.3. The van der Waals surface area contributed by atoms with Crippen LogP contribution in [0.1, 0.15) is 16.8 Å². The van der Waals surface area contributed by atoms with Gasteiger partial charge in [-0.25, -0.2) is 0 Å². The van der Waals surface area contributed by atoms with E-state index in [-0.39, 0.29) is 0 Å². The lowest BCUT2D eigenvalue weighted by Gasteiger charge is -2.06. The van der Waals surface area contributed by atoms with Gasteiger partial charge < -0.3 is 5.41 Å². The summed E-state index contributed by atoms with van der Waals surface area (Å²) in [5, 5.41) is 9.36. The molecular formula is C12H12N2S. The van der Waals surface area contributed by atoms with E-state index in [1.165, 1.54) is 11.1 Å².